The van der Waals surface area contributed by atoms with E-state index in [9.17, 15) is 8.42 Å². The summed E-state index contributed by atoms with van der Waals surface area (Å²) in [7, 11) is -1.64. The summed E-state index contributed by atoms with van der Waals surface area (Å²) < 4.78 is 27.7. The van der Waals surface area contributed by atoms with Crippen LogP contribution in [-0.4, -0.2) is 21.5 Å². The van der Waals surface area contributed by atoms with Crippen molar-refractivity contribution in [3.05, 3.63) is 29.8 Å². The largest absolute Gasteiger partial charge is 0.316 e. The van der Waals surface area contributed by atoms with Crippen molar-refractivity contribution in [2.24, 2.45) is 5.92 Å². The molecule has 0 spiro atoms. The molecule has 0 fully saturated rings. The second-order valence-corrected chi connectivity index (χ2v) is 7.31. The highest BCUT2D eigenvalue weighted by molar-refractivity contribution is 7.89. The van der Waals surface area contributed by atoms with E-state index in [0.29, 0.717) is 17.4 Å². The summed E-state index contributed by atoms with van der Waals surface area (Å²) in [5.41, 5.74) is 0.790. The molecule has 1 aromatic rings. The molecule has 0 aromatic heterocycles. The zero-order valence-electron chi connectivity index (χ0n) is 12.8. The second-order valence-electron chi connectivity index (χ2n) is 5.63. The van der Waals surface area contributed by atoms with E-state index in [1.165, 1.54) is 0 Å². The van der Waals surface area contributed by atoms with Gasteiger partial charge in [0, 0.05) is 12.6 Å². The maximum absolute atomic E-state index is 12.4. The minimum atomic E-state index is -3.45. The molecule has 0 saturated carbocycles. The summed E-state index contributed by atoms with van der Waals surface area (Å²) in [5.74, 6) is 0.582. The predicted molar refractivity (Wildman–Crippen MR) is 83.1 cm³/mol. The van der Waals surface area contributed by atoms with Crippen LogP contribution in [0.3, 0.4) is 0 Å². The fourth-order valence-corrected chi connectivity index (χ4v) is 3.59. The van der Waals surface area contributed by atoms with Crippen molar-refractivity contribution in [2.45, 2.75) is 51.1 Å². The van der Waals surface area contributed by atoms with Gasteiger partial charge in [0.25, 0.3) is 0 Å². The molecule has 20 heavy (non-hydrogen) atoms. The standard InChI is InChI=1S/C15H26N2O2S/c1-12(2)9-10-13(3)17-20(18,19)15-8-6-5-7-14(15)11-16-4/h5-8,12-13,16-17H,9-11H2,1-4H3. The van der Waals surface area contributed by atoms with Gasteiger partial charge in [-0.05, 0) is 44.4 Å². The third-order valence-corrected chi connectivity index (χ3v) is 4.85. The van der Waals surface area contributed by atoms with E-state index in [0.717, 1.165) is 18.4 Å². The first-order chi connectivity index (χ1) is 9.36. The summed E-state index contributed by atoms with van der Waals surface area (Å²) >= 11 is 0. The van der Waals surface area contributed by atoms with Crippen molar-refractivity contribution in [3.8, 4) is 0 Å². The molecule has 0 heterocycles. The van der Waals surface area contributed by atoms with Crippen molar-refractivity contribution in [1.82, 2.24) is 10.0 Å². The maximum atomic E-state index is 12.4. The van der Waals surface area contributed by atoms with Crippen molar-refractivity contribution in [2.75, 3.05) is 7.05 Å². The number of hydrogen-bond donors (Lipinski definition) is 2. The van der Waals surface area contributed by atoms with Gasteiger partial charge in [-0.2, -0.15) is 0 Å². The van der Waals surface area contributed by atoms with Crippen molar-refractivity contribution < 1.29 is 8.42 Å². The molecule has 1 unspecified atom stereocenters. The van der Waals surface area contributed by atoms with Crippen LogP contribution in [0.25, 0.3) is 0 Å². The van der Waals surface area contributed by atoms with Gasteiger partial charge in [-0.1, -0.05) is 32.0 Å². The van der Waals surface area contributed by atoms with E-state index in [1.54, 1.807) is 12.1 Å². The van der Waals surface area contributed by atoms with Gasteiger partial charge in [0.15, 0.2) is 0 Å². The van der Waals surface area contributed by atoms with E-state index in [-0.39, 0.29) is 6.04 Å². The van der Waals surface area contributed by atoms with E-state index >= 15 is 0 Å². The third kappa shape index (κ3) is 5.23. The molecule has 1 atom stereocenters. The van der Waals surface area contributed by atoms with Gasteiger partial charge >= 0.3 is 0 Å². The molecule has 0 aliphatic carbocycles. The molecule has 0 bridgehead atoms. The average Bonchev–Trinajstić information content (AvgIpc) is 2.37. The average molecular weight is 298 g/mol. The van der Waals surface area contributed by atoms with Crippen LogP contribution in [0.15, 0.2) is 29.2 Å². The first-order valence-corrected chi connectivity index (χ1v) is 8.60. The molecular formula is C15H26N2O2S. The van der Waals surface area contributed by atoms with Crippen LogP contribution in [0, 0.1) is 5.92 Å². The molecule has 0 saturated heterocycles. The number of rotatable bonds is 8. The van der Waals surface area contributed by atoms with Crippen LogP contribution in [0.5, 0.6) is 0 Å². The minimum Gasteiger partial charge on any atom is -0.316 e. The lowest BCUT2D eigenvalue weighted by Crippen LogP contribution is -2.33. The van der Waals surface area contributed by atoms with Gasteiger partial charge in [-0.25, -0.2) is 13.1 Å². The van der Waals surface area contributed by atoms with Gasteiger partial charge in [0.1, 0.15) is 0 Å². The number of benzene rings is 1. The van der Waals surface area contributed by atoms with Crippen LogP contribution in [-0.2, 0) is 16.6 Å². The molecular weight excluding hydrogens is 272 g/mol. The minimum absolute atomic E-state index is 0.0509. The topological polar surface area (TPSA) is 58.2 Å². The Morgan fingerprint density at radius 3 is 2.35 bits per heavy atom. The molecule has 0 radical (unpaired) electrons. The van der Waals surface area contributed by atoms with Crippen molar-refractivity contribution in [3.63, 3.8) is 0 Å². The number of sulfonamides is 1. The lowest BCUT2D eigenvalue weighted by Gasteiger charge is -2.17. The summed E-state index contributed by atoms with van der Waals surface area (Å²) in [6.45, 7) is 6.74. The zero-order valence-corrected chi connectivity index (χ0v) is 13.6. The Kier molecular flexibility index (Phi) is 6.65. The highest BCUT2D eigenvalue weighted by Crippen LogP contribution is 2.16. The quantitative estimate of drug-likeness (QED) is 0.775. The third-order valence-electron chi connectivity index (χ3n) is 3.16. The fraction of sp³-hybridized carbons (Fsp3) is 0.600. The van der Waals surface area contributed by atoms with E-state index in [4.69, 9.17) is 0 Å². The monoisotopic (exact) mass is 298 g/mol. The van der Waals surface area contributed by atoms with Crippen LogP contribution >= 0.6 is 0 Å². The Bertz CT molecular complexity index is 512. The second kappa shape index (κ2) is 7.76. The lowest BCUT2D eigenvalue weighted by molar-refractivity contribution is 0.485. The maximum Gasteiger partial charge on any atom is 0.241 e. The summed E-state index contributed by atoms with van der Waals surface area (Å²) in [6, 6.07) is 7.05. The van der Waals surface area contributed by atoms with Gasteiger partial charge < -0.3 is 5.32 Å². The Morgan fingerprint density at radius 1 is 1.10 bits per heavy atom. The molecule has 1 aromatic carbocycles. The molecule has 4 nitrogen and oxygen atoms in total. The number of nitrogens with one attached hydrogen (secondary N) is 2. The summed E-state index contributed by atoms with van der Waals surface area (Å²) in [4.78, 5) is 0.366. The first kappa shape index (κ1) is 17.1. The lowest BCUT2D eigenvalue weighted by atomic mass is 10.1. The van der Waals surface area contributed by atoms with Gasteiger partial charge in [-0.15, -0.1) is 0 Å². The SMILES string of the molecule is CNCc1ccccc1S(=O)(=O)NC(C)CCC(C)C. The van der Waals surface area contributed by atoms with Crippen LogP contribution in [0.4, 0.5) is 0 Å². The summed E-state index contributed by atoms with van der Waals surface area (Å²) in [6.07, 6.45) is 1.87. The molecule has 114 valence electrons. The molecule has 1 rings (SSSR count). The molecule has 0 aliphatic rings. The first-order valence-electron chi connectivity index (χ1n) is 7.11. The predicted octanol–water partition coefficient (Wildman–Crippen LogP) is 2.51. The summed E-state index contributed by atoms with van der Waals surface area (Å²) in [5, 5.41) is 3.00. The van der Waals surface area contributed by atoms with Crippen LogP contribution in [0.1, 0.15) is 39.2 Å². The van der Waals surface area contributed by atoms with Crippen LogP contribution in [0.2, 0.25) is 0 Å². The van der Waals surface area contributed by atoms with E-state index in [2.05, 4.69) is 23.9 Å². The Labute approximate surface area is 123 Å². The van der Waals surface area contributed by atoms with Gasteiger partial charge in [0.2, 0.25) is 10.0 Å². The van der Waals surface area contributed by atoms with Crippen molar-refractivity contribution >= 4 is 10.0 Å². The normalized spacial score (nSPS) is 13.7. The van der Waals surface area contributed by atoms with Crippen LogP contribution < -0.4 is 10.0 Å². The Hall–Kier alpha value is -0.910. The Balaban J connectivity index is 2.83. The number of hydrogen-bond acceptors (Lipinski definition) is 3. The van der Waals surface area contributed by atoms with Crippen molar-refractivity contribution in [1.29, 1.82) is 0 Å². The molecule has 5 heteroatoms. The molecule has 2 N–H and O–H groups in total. The zero-order chi connectivity index (χ0) is 15.2. The fourth-order valence-electron chi connectivity index (χ4n) is 2.07. The molecule has 0 aliphatic heterocycles. The molecule has 0 amide bonds. The highest BCUT2D eigenvalue weighted by atomic mass is 32.2. The van der Waals surface area contributed by atoms with Gasteiger partial charge in [-0.3, -0.25) is 0 Å². The smallest absolute Gasteiger partial charge is 0.241 e. The van der Waals surface area contributed by atoms with Gasteiger partial charge in [0.05, 0.1) is 4.90 Å². The highest BCUT2D eigenvalue weighted by Gasteiger charge is 2.20. The van der Waals surface area contributed by atoms with E-state index in [1.807, 2.05) is 26.1 Å². The van der Waals surface area contributed by atoms with E-state index < -0.39 is 10.0 Å². The Morgan fingerprint density at radius 2 is 1.75 bits per heavy atom.